The van der Waals surface area contributed by atoms with Crippen molar-refractivity contribution in [2.75, 3.05) is 0 Å². The van der Waals surface area contributed by atoms with Crippen LogP contribution in [0.4, 0.5) is 0 Å². The zero-order valence-electron chi connectivity index (χ0n) is 51.6. The minimum Gasteiger partial charge on any atom is -0.294 e. The van der Waals surface area contributed by atoms with Gasteiger partial charge in [-0.1, -0.05) is 188 Å². The number of fused-ring (bicyclic) bond motifs is 6. The Labute approximate surface area is 544 Å². The molecule has 7 aromatic carbocycles. The minimum absolute atomic E-state index is 0.821. The van der Waals surface area contributed by atoms with E-state index in [1.165, 1.54) is 0 Å². The number of rotatable bonds is 14. The van der Waals surface area contributed by atoms with Crippen LogP contribution in [0.3, 0.4) is 0 Å². The Balaban J connectivity index is 0.607. The summed E-state index contributed by atoms with van der Waals surface area (Å²) in [6, 6.07) is 88.0. The second-order valence-corrected chi connectivity index (χ2v) is 23.3. The molecule has 0 saturated heterocycles. The van der Waals surface area contributed by atoms with Crippen LogP contribution in [0.2, 0.25) is 0 Å². The number of nitrogens with zero attached hydrogens (tertiary/aromatic N) is 9. The molecule has 0 spiro atoms. The van der Waals surface area contributed by atoms with Gasteiger partial charge in [0.15, 0.2) is 0 Å². The van der Waals surface area contributed by atoms with Crippen LogP contribution in [0.1, 0.15) is 19.5 Å². The van der Waals surface area contributed by atoms with Crippen molar-refractivity contribution >= 4 is 49.3 Å². The predicted molar refractivity (Wildman–Crippen MR) is 386 cm³/mol. The Hall–Kier alpha value is -12.6. The number of aromatic nitrogens is 9. The smallest absolute Gasteiger partial charge is 0.137 e. The van der Waals surface area contributed by atoms with Crippen LogP contribution < -0.4 is 0 Å². The Bertz CT molecular complexity index is 5450. The molecule has 0 radical (unpaired) electrons. The third-order valence-corrected chi connectivity index (χ3v) is 17.7. The van der Waals surface area contributed by atoms with Gasteiger partial charge in [-0.25, -0.2) is 19.9 Å². The number of benzene rings is 7. The van der Waals surface area contributed by atoms with Gasteiger partial charge in [0.05, 0.1) is 50.4 Å². The third kappa shape index (κ3) is 10.8. The van der Waals surface area contributed by atoms with Crippen LogP contribution in [-0.4, -0.2) is 44.0 Å². The van der Waals surface area contributed by atoms with E-state index in [0.717, 1.165) is 167 Å². The van der Waals surface area contributed by atoms with Gasteiger partial charge in [0, 0.05) is 81.8 Å². The molecule has 0 aliphatic carbocycles. The van der Waals surface area contributed by atoms with Crippen molar-refractivity contribution in [3.05, 3.63) is 328 Å². The molecule has 94 heavy (non-hydrogen) atoms. The first kappa shape index (κ1) is 56.6. The fourth-order valence-corrected chi connectivity index (χ4v) is 12.8. The average molecular weight is 1210 g/mol. The number of hydrogen-bond donors (Lipinski definition) is 0. The molecule has 0 bridgehead atoms. The maximum absolute atomic E-state index is 5.26. The van der Waals surface area contributed by atoms with Crippen molar-refractivity contribution in [1.29, 1.82) is 0 Å². The first-order valence-corrected chi connectivity index (χ1v) is 31.5. The molecule has 0 aliphatic heterocycles. The van der Waals surface area contributed by atoms with E-state index in [-0.39, 0.29) is 0 Å². The fourth-order valence-electron chi connectivity index (χ4n) is 12.8. The molecule has 444 valence electrons. The van der Waals surface area contributed by atoms with E-state index in [1.807, 2.05) is 80.7 Å². The second-order valence-electron chi connectivity index (χ2n) is 23.3. The molecule has 0 amide bonds. The number of para-hydroxylation sites is 2. The highest BCUT2D eigenvalue weighted by Gasteiger charge is 2.18. The van der Waals surface area contributed by atoms with Gasteiger partial charge in [0.2, 0.25) is 0 Å². The third-order valence-electron chi connectivity index (χ3n) is 17.7. The number of hydrogen-bond acceptors (Lipinski definition) is 7. The summed E-state index contributed by atoms with van der Waals surface area (Å²) in [7, 11) is 0. The van der Waals surface area contributed by atoms with Crippen LogP contribution in [0.5, 0.6) is 0 Å². The normalized spacial score (nSPS) is 11.9. The lowest BCUT2D eigenvalue weighted by molar-refractivity contribution is 1.08. The molecule has 16 rings (SSSR count). The topological polar surface area (TPSA) is 100 Å². The SMILES string of the molecule is C\C=C/C=C\C(=C/C)c1cc(-c2ccc(-n3c4ccccc4c4cnccc43)nc2)cc(-c2ccc(-c3ccc(-c4ccc(-c5ccc(-c6ccc(-c7cc(-c8ccncc8)nc(-c8ccc(-n9c%10ccccc%10c%10ncccc%109)nc8)c7)cc6)cc5)cc4)cc3)cc2)n1. The number of pyridine rings is 7. The lowest BCUT2D eigenvalue weighted by atomic mass is 9.95. The number of allylic oxidation sites excluding steroid dienone is 6. The lowest BCUT2D eigenvalue weighted by Crippen LogP contribution is -1.98. The van der Waals surface area contributed by atoms with Gasteiger partial charge in [-0.3, -0.25) is 24.1 Å². The Morgan fingerprint density at radius 3 is 1.30 bits per heavy atom. The Kier molecular flexibility index (Phi) is 14.9. The van der Waals surface area contributed by atoms with E-state index < -0.39 is 0 Å². The second kappa shape index (κ2) is 24.7. The van der Waals surface area contributed by atoms with Crippen molar-refractivity contribution < 1.29 is 0 Å². The Morgan fingerprint density at radius 1 is 0.309 bits per heavy atom. The molecule has 0 fully saturated rings. The predicted octanol–water partition coefficient (Wildman–Crippen LogP) is 21.2. The maximum atomic E-state index is 5.26. The maximum Gasteiger partial charge on any atom is 0.137 e. The summed E-state index contributed by atoms with van der Waals surface area (Å²) in [4.78, 5) is 33.9. The molecule has 0 N–H and O–H groups in total. The van der Waals surface area contributed by atoms with Gasteiger partial charge in [0.1, 0.15) is 11.6 Å². The highest BCUT2D eigenvalue weighted by atomic mass is 15.1. The first-order chi connectivity index (χ1) is 46.5. The van der Waals surface area contributed by atoms with Crippen molar-refractivity contribution in [3.8, 4) is 112 Å². The largest absolute Gasteiger partial charge is 0.294 e. The molecule has 9 aromatic heterocycles. The van der Waals surface area contributed by atoms with Crippen molar-refractivity contribution in [2.45, 2.75) is 13.8 Å². The zero-order valence-corrected chi connectivity index (χ0v) is 51.6. The van der Waals surface area contributed by atoms with E-state index in [4.69, 9.17) is 24.9 Å². The minimum atomic E-state index is 0.821. The molecular formula is C85H59N9. The fraction of sp³-hybridized carbons (Fsp3) is 0.0235. The zero-order chi connectivity index (χ0) is 62.9. The first-order valence-electron chi connectivity index (χ1n) is 31.5. The van der Waals surface area contributed by atoms with Gasteiger partial charge < -0.3 is 0 Å². The van der Waals surface area contributed by atoms with Crippen molar-refractivity contribution in [3.63, 3.8) is 0 Å². The van der Waals surface area contributed by atoms with Crippen LogP contribution in [0, 0.1) is 0 Å². The summed E-state index contributed by atoms with van der Waals surface area (Å²) in [5.74, 6) is 1.67. The van der Waals surface area contributed by atoms with E-state index in [9.17, 15) is 0 Å². The summed E-state index contributed by atoms with van der Waals surface area (Å²) < 4.78 is 4.39. The Morgan fingerprint density at radius 2 is 0.745 bits per heavy atom. The molecule has 0 unspecified atom stereocenters. The van der Waals surface area contributed by atoms with E-state index in [1.54, 1.807) is 0 Å². The van der Waals surface area contributed by atoms with E-state index >= 15 is 0 Å². The van der Waals surface area contributed by atoms with Crippen LogP contribution in [-0.2, 0) is 0 Å². The lowest BCUT2D eigenvalue weighted by Gasteiger charge is -2.12. The molecule has 0 atom stereocenters. The monoisotopic (exact) mass is 1210 g/mol. The molecule has 0 saturated carbocycles. The molecule has 16 aromatic rings. The molecule has 0 aliphatic rings. The van der Waals surface area contributed by atoms with Crippen molar-refractivity contribution in [2.24, 2.45) is 0 Å². The van der Waals surface area contributed by atoms with Crippen LogP contribution in [0.25, 0.3) is 161 Å². The van der Waals surface area contributed by atoms with Gasteiger partial charge in [-0.05, 0) is 172 Å². The molecule has 9 nitrogen and oxygen atoms in total. The summed E-state index contributed by atoms with van der Waals surface area (Å²) in [6.45, 7) is 4.08. The van der Waals surface area contributed by atoms with E-state index in [2.05, 4.69) is 275 Å². The van der Waals surface area contributed by atoms with Gasteiger partial charge in [-0.2, -0.15) is 0 Å². The van der Waals surface area contributed by atoms with Gasteiger partial charge in [-0.15, -0.1) is 0 Å². The molecule has 9 heteroatoms. The van der Waals surface area contributed by atoms with Crippen LogP contribution >= 0.6 is 0 Å². The quantitative estimate of drug-likeness (QED) is 0.100. The summed E-state index contributed by atoms with van der Waals surface area (Å²) in [6.07, 6.45) is 23.5. The highest BCUT2D eigenvalue weighted by molar-refractivity contribution is 6.09. The summed E-state index contributed by atoms with van der Waals surface area (Å²) in [5, 5.41) is 3.35. The van der Waals surface area contributed by atoms with Crippen molar-refractivity contribution in [1.82, 2.24) is 44.0 Å². The van der Waals surface area contributed by atoms with E-state index in [0.29, 0.717) is 0 Å². The standard InChI is InChI=1S/C85H59N9/c1-3-5-6-12-56(4-2)75-51-71(68-38-40-83(89-53-68)93-79-15-9-7-13-72(79)74-55-87-48-44-81(74)93)52-76(91-75)66-36-34-64(35-37-66)62-28-26-60(27-29-62)58-20-18-57(19-21-58)59-22-24-61(25-23-59)63-30-32-65(33-31-63)70-49-77(67-42-46-86-47-43-67)92-78(50-70)69-39-41-84(90-54-69)94-80-16-10-8-14-73(80)85-82(94)17-11-45-88-85/h3-55H,1-2H3/b5-3-,12-6-,56-4+. The summed E-state index contributed by atoms with van der Waals surface area (Å²) in [5.41, 5.74) is 26.1. The van der Waals surface area contributed by atoms with Crippen LogP contribution in [0.15, 0.2) is 322 Å². The average Bonchev–Trinajstić information content (AvgIpc) is 1.61. The molecular weight excluding hydrogens is 1150 g/mol. The summed E-state index contributed by atoms with van der Waals surface area (Å²) >= 11 is 0. The van der Waals surface area contributed by atoms with Gasteiger partial charge in [0.25, 0.3) is 0 Å². The highest BCUT2D eigenvalue weighted by Crippen LogP contribution is 2.38. The van der Waals surface area contributed by atoms with Gasteiger partial charge >= 0.3 is 0 Å². The molecule has 9 heterocycles.